The zero-order valence-electron chi connectivity index (χ0n) is 13.5. The maximum absolute atomic E-state index is 13.0. The highest BCUT2D eigenvalue weighted by atomic mass is 32.2. The van der Waals surface area contributed by atoms with E-state index in [1.807, 2.05) is 30.0 Å². The first-order valence-corrected chi connectivity index (χ1v) is 9.74. The molecule has 0 radical (unpaired) electrons. The molecule has 2 aliphatic rings. The van der Waals surface area contributed by atoms with Crippen molar-refractivity contribution in [2.24, 2.45) is 0 Å². The van der Waals surface area contributed by atoms with Crippen LogP contribution in [0.15, 0.2) is 30.3 Å². The van der Waals surface area contributed by atoms with E-state index in [0.29, 0.717) is 0 Å². The molecule has 23 heavy (non-hydrogen) atoms. The molecule has 1 aliphatic carbocycles. The predicted octanol–water partition coefficient (Wildman–Crippen LogP) is 2.20. The number of amides is 1. The van der Waals surface area contributed by atoms with Crippen LogP contribution in [0.1, 0.15) is 37.3 Å². The van der Waals surface area contributed by atoms with Crippen LogP contribution in [0.2, 0.25) is 0 Å². The van der Waals surface area contributed by atoms with Crippen molar-refractivity contribution in [3.8, 4) is 0 Å². The second-order valence-corrected chi connectivity index (χ2v) is 7.70. The third kappa shape index (κ3) is 4.49. The highest BCUT2D eigenvalue weighted by molar-refractivity contribution is 7.99. The second kappa shape index (κ2) is 8.18. The Morgan fingerprint density at radius 3 is 2.43 bits per heavy atom. The molecule has 1 aromatic rings. The number of carbonyl (C=O) groups is 1. The van der Waals surface area contributed by atoms with Gasteiger partial charge in [-0.2, -0.15) is 11.8 Å². The van der Waals surface area contributed by atoms with E-state index in [-0.39, 0.29) is 24.1 Å². The Bertz CT molecular complexity index is 497. The Balaban J connectivity index is 1.70. The standard InChI is InChI=1S/C18H26N2O2S/c21-16-8-6-15(7-9-16)19-18(22)17(14-4-2-1-3-5-14)20-10-12-23-13-11-20/h1-5,15-17,21H,6-13H2,(H,19,22)/t15?,16?,17-/m0/s1. The largest absolute Gasteiger partial charge is 0.393 e. The van der Waals surface area contributed by atoms with E-state index >= 15 is 0 Å². The highest BCUT2D eigenvalue weighted by Gasteiger charge is 2.31. The normalized spacial score (nSPS) is 27.3. The molecule has 1 saturated heterocycles. The summed E-state index contributed by atoms with van der Waals surface area (Å²) in [6.07, 6.45) is 3.16. The maximum atomic E-state index is 13.0. The minimum atomic E-state index is -0.191. The van der Waals surface area contributed by atoms with Crippen molar-refractivity contribution in [3.05, 3.63) is 35.9 Å². The lowest BCUT2D eigenvalue weighted by molar-refractivity contribution is -0.127. The molecule has 0 aromatic heterocycles. The predicted molar refractivity (Wildman–Crippen MR) is 94.5 cm³/mol. The fourth-order valence-electron chi connectivity index (χ4n) is 3.50. The average Bonchev–Trinajstić information content (AvgIpc) is 2.59. The van der Waals surface area contributed by atoms with Gasteiger partial charge in [-0.05, 0) is 31.2 Å². The first kappa shape index (κ1) is 16.8. The maximum Gasteiger partial charge on any atom is 0.242 e. The van der Waals surface area contributed by atoms with E-state index in [1.54, 1.807) is 0 Å². The molecule has 1 amide bonds. The molecule has 3 rings (SSSR count). The van der Waals surface area contributed by atoms with Crippen molar-refractivity contribution in [1.82, 2.24) is 10.2 Å². The van der Waals surface area contributed by atoms with Gasteiger partial charge in [0, 0.05) is 30.6 Å². The summed E-state index contributed by atoms with van der Waals surface area (Å²) in [5, 5.41) is 12.9. The number of rotatable bonds is 4. The number of hydrogen-bond donors (Lipinski definition) is 2. The molecule has 0 bridgehead atoms. The number of hydrogen-bond acceptors (Lipinski definition) is 4. The number of carbonyl (C=O) groups excluding carboxylic acids is 1. The van der Waals surface area contributed by atoms with E-state index in [2.05, 4.69) is 22.3 Å². The van der Waals surface area contributed by atoms with Gasteiger partial charge in [0.15, 0.2) is 0 Å². The quantitative estimate of drug-likeness (QED) is 0.886. The zero-order valence-corrected chi connectivity index (χ0v) is 14.3. The Kier molecular flexibility index (Phi) is 5.97. The molecule has 0 unspecified atom stereocenters. The molecule has 2 N–H and O–H groups in total. The van der Waals surface area contributed by atoms with E-state index in [4.69, 9.17) is 0 Å². The molecule has 2 fully saturated rings. The smallest absolute Gasteiger partial charge is 0.242 e. The van der Waals surface area contributed by atoms with Gasteiger partial charge >= 0.3 is 0 Å². The van der Waals surface area contributed by atoms with E-state index in [9.17, 15) is 9.90 Å². The summed E-state index contributed by atoms with van der Waals surface area (Å²) < 4.78 is 0. The molecule has 0 spiro atoms. The Morgan fingerprint density at radius 2 is 1.78 bits per heavy atom. The first-order valence-electron chi connectivity index (χ1n) is 8.59. The fourth-order valence-corrected chi connectivity index (χ4v) is 4.43. The minimum absolute atomic E-state index is 0.115. The van der Waals surface area contributed by atoms with E-state index in [0.717, 1.165) is 55.8 Å². The van der Waals surface area contributed by atoms with Gasteiger partial charge in [-0.3, -0.25) is 9.69 Å². The minimum Gasteiger partial charge on any atom is -0.393 e. The van der Waals surface area contributed by atoms with Crippen molar-refractivity contribution in [1.29, 1.82) is 0 Å². The van der Waals surface area contributed by atoms with Gasteiger partial charge in [0.1, 0.15) is 6.04 Å². The van der Waals surface area contributed by atoms with Crippen molar-refractivity contribution in [2.75, 3.05) is 24.6 Å². The van der Waals surface area contributed by atoms with Crippen molar-refractivity contribution in [3.63, 3.8) is 0 Å². The lowest BCUT2D eigenvalue weighted by Crippen LogP contribution is -2.47. The molecule has 1 aliphatic heterocycles. The number of aliphatic hydroxyl groups is 1. The summed E-state index contributed by atoms with van der Waals surface area (Å²) >= 11 is 1.96. The van der Waals surface area contributed by atoms with Crippen LogP contribution in [-0.4, -0.2) is 52.7 Å². The Labute approximate surface area is 142 Å². The summed E-state index contributed by atoms with van der Waals surface area (Å²) in [5.41, 5.74) is 1.08. The molecule has 5 heteroatoms. The summed E-state index contributed by atoms with van der Waals surface area (Å²) in [7, 11) is 0. The van der Waals surface area contributed by atoms with Crippen LogP contribution in [0.25, 0.3) is 0 Å². The summed E-state index contributed by atoms with van der Waals surface area (Å²) in [6.45, 7) is 1.92. The van der Waals surface area contributed by atoms with Crippen molar-refractivity contribution >= 4 is 17.7 Å². The lowest BCUT2D eigenvalue weighted by Gasteiger charge is -2.35. The number of aliphatic hydroxyl groups excluding tert-OH is 1. The van der Waals surface area contributed by atoms with Crippen molar-refractivity contribution < 1.29 is 9.90 Å². The molecule has 126 valence electrons. The topological polar surface area (TPSA) is 52.6 Å². The summed E-state index contributed by atoms with van der Waals surface area (Å²) in [5.74, 6) is 2.29. The number of thioether (sulfide) groups is 1. The summed E-state index contributed by atoms with van der Waals surface area (Å²) in [6, 6.07) is 10.1. The van der Waals surface area contributed by atoms with Crippen LogP contribution in [-0.2, 0) is 4.79 Å². The Hall–Kier alpha value is -1.04. The van der Waals surface area contributed by atoms with Crippen LogP contribution in [0, 0.1) is 0 Å². The Morgan fingerprint density at radius 1 is 1.13 bits per heavy atom. The molecule has 4 nitrogen and oxygen atoms in total. The van der Waals surface area contributed by atoms with Gasteiger partial charge in [-0.1, -0.05) is 30.3 Å². The highest BCUT2D eigenvalue weighted by Crippen LogP contribution is 2.26. The van der Waals surface area contributed by atoms with Gasteiger partial charge in [0.05, 0.1) is 6.10 Å². The molecule has 1 saturated carbocycles. The van der Waals surface area contributed by atoms with E-state index in [1.165, 1.54) is 0 Å². The van der Waals surface area contributed by atoms with Gasteiger partial charge < -0.3 is 10.4 Å². The number of nitrogens with one attached hydrogen (secondary N) is 1. The second-order valence-electron chi connectivity index (χ2n) is 6.48. The zero-order chi connectivity index (χ0) is 16.1. The molecule has 1 aromatic carbocycles. The van der Waals surface area contributed by atoms with Crippen LogP contribution < -0.4 is 5.32 Å². The fraction of sp³-hybridized carbons (Fsp3) is 0.611. The molecule has 1 heterocycles. The third-order valence-electron chi connectivity index (χ3n) is 4.82. The van der Waals surface area contributed by atoms with Gasteiger partial charge in [-0.15, -0.1) is 0 Å². The van der Waals surface area contributed by atoms with Crippen molar-refractivity contribution in [2.45, 2.75) is 43.9 Å². The van der Waals surface area contributed by atoms with Crippen LogP contribution in [0.5, 0.6) is 0 Å². The average molecular weight is 334 g/mol. The monoisotopic (exact) mass is 334 g/mol. The van der Waals surface area contributed by atoms with Gasteiger partial charge in [-0.25, -0.2) is 0 Å². The SMILES string of the molecule is O=C(NC1CCC(O)CC1)[C@H](c1ccccc1)N1CCSCC1. The molecular weight excluding hydrogens is 308 g/mol. The first-order chi connectivity index (χ1) is 11.2. The van der Waals surface area contributed by atoms with E-state index < -0.39 is 0 Å². The van der Waals surface area contributed by atoms with Gasteiger partial charge in [0.25, 0.3) is 0 Å². The summed E-state index contributed by atoms with van der Waals surface area (Å²) in [4.78, 5) is 15.3. The number of nitrogens with zero attached hydrogens (tertiary/aromatic N) is 1. The molecular formula is C18H26N2O2S. The van der Waals surface area contributed by atoms with Crippen LogP contribution >= 0.6 is 11.8 Å². The lowest BCUT2D eigenvalue weighted by atomic mass is 9.92. The van der Waals surface area contributed by atoms with Crippen LogP contribution in [0.3, 0.4) is 0 Å². The van der Waals surface area contributed by atoms with Gasteiger partial charge in [0.2, 0.25) is 5.91 Å². The van der Waals surface area contributed by atoms with Crippen LogP contribution in [0.4, 0.5) is 0 Å². The third-order valence-corrected chi connectivity index (χ3v) is 5.76. The number of benzene rings is 1. The molecule has 1 atom stereocenters.